The lowest BCUT2D eigenvalue weighted by atomic mass is 9.91. The molecular formula is C37H44N4O5. The van der Waals surface area contributed by atoms with E-state index in [1.807, 2.05) is 86.6 Å². The van der Waals surface area contributed by atoms with Crippen LogP contribution in [0.5, 0.6) is 0 Å². The first-order valence-electron chi connectivity index (χ1n) is 16.0. The number of nitrogens with one attached hydrogen (secondary N) is 4. The summed E-state index contributed by atoms with van der Waals surface area (Å²) in [6.45, 7) is 4.54. The summed E-state index contributed by atoms with van der Waals surface area (Å²) in [5.74, 6) is -1.49. The maximum absolute atomic E-state index is 14.0. The van der Waals surface area contributed by atoms with Gasteiger partial charge in [0.05, 0.1) is 6.42 Å². The first kappa shape index (κ1) is 34.1. The van der Waals surface area contributed by atoms with Crippen LogP contribution in [-0.2, 0) is 36.8 Å². The Morgan fingerprint density at radius 1 is 0.891 bits per heavy atom. The van der Waals surface area contributed by atoms with Gasteiger partial charge in [0.25, 0.3) is 0 Å². The third-order valence-electron chi connectivity index (χ3n) is 8.19. The molecule has 1 heterocycles. The molecule has 46 heavy (non-hydrogen) atoms. The number of hydrogen-bond donors (Lipinski definition) is 4. The van der Waals surface area contributed by atoms with Crippen molar-refractivity contribution in [2.24, 2.45) is 11.8 Å². The van der Waals surface area contributed by atoms with Crippen LogP contribution in [0, 0.1) is 11.8 Å². The molecule has 0 radical (unpaired) electrons. The van der Waals surface area contributed by atoms with Gasteiger partial charge in [0, 0.05) is 24.9 Å². The number of allylic oxidation sites excluding steroid dienone is 1. The van der Waals surface area contributed by atoms with E-state index in [4.69, 9.17) is 0 Å². The molecule has 242 valence electrons. The molecule has 0 unspecified atom stereocenters. The number of carbonyl (C=O) groups excluding carboxylic acids is 5. The van der Waals surface area contributed by atoms with Crippen LogP contribution in [0.3, 0.4) is 0 Å². The van der Waals surface area contributed by atoms with Crippen molar-refractivity contribution < 1.29 is 24.0 Å². The number of aldehydes is 1. The van der Waals surface area contributed by atoms with E-state index in [2.05, 4.69) is 21.3 Å². The second-order valence-corrected chi connectivity index (χ2v) is 12.3. The van der Waals surface area contributed by atoms with Crippen molar-refractivity contribution in [1.29, 1.82) is 0 Å². The summed E-state index contributed by atoms with van der Waals surface area (Å²) in [4.78, 5) is 64.4. The zero-order valence-electron chi connectivity index (χ0n) is 26.5. The molecule has 1 aliphatic rings. The van der Waals surface area contributed by atoms with Crippen LogP contribution in [0.4, 0.5) is 0 Å². The Balaban J connectivity index is 1.54. The lowest BCUT2D eigenvalue weighted by Crippen LogP contribution is -2.56. The molecule has 4 rings (SSSR count). The second-order valence-electron chi connectivity index (χ2n) is 12.3. The molecule has 0 spiro atoms. The Morgan fingerprint density at radius 2 is 1.61 bits per heavy atom. The number of carbonyl (C=O) groups is 5. The molecule has 9 heteroatoms. The molecule has 0 bridgehead atoms. The van der Waals surface area contributed by atoms with Crippen LogP contribution >= 0.6 is 0 Å². The van der Waals surface area contributed by atoms with Crippen LogP contribution in [0.1, 0.15) is 50.7 Å². The molecule has 4 N–H and O–H groups in total. The summed E-state index contributed by atoms with van der Waals surface area (Å²) in [5.41, 5.74) is 1.72. The topological polar surface area (TPSA) is 133 Å². The summed E-state index contributed by atoms with van der Waals surface area (Å²) in [7, 11) is 0. The van der Waals surface area contributed by atoms with E-state index in [0.29, 0.717) is 32.1 Å². The average Bonchev–Trinajstić information content (AvgIpc) is 3.04. The van der Waals surface area contributed by atoms with Crippen LogP contribution in [-0.4, -0.2) is 54.6 Å². The van der Waals surface area contributed by atoms with Crippen molar-refractivity contribution >= 4 is 40.7 Å². The minimum atomic E-state index is -0.943. The van der Waals surface area contributed by atoms with Gasteiger partial charge < -0.3 is 21.3 Å². The minimum absolute atomic E-state index is 0.0633. The van der Waals surface area contributed by atoms with E-state index in [1.54, 1.807) is 6.08 Å². The number of benzene rings is 3. The van der Waals surface area contributed by atoms with Gasteiger partial charge in [-0.1, -0.05) is 92.7 Å². The quantitative estimate of drug-likeness (QED) is 0.151. The largest absolute Gasteiger partial charge is 0.356 e. The summed E-state index contributed by atoms with van der Waals surface area (Å²) in [6, 6.07) is 20.6. The molecule has 1 aliphatic heterocycles. The molecule has 3 aromatic rings. The Hall–Kier alpha value is -4.79. The first-order chi connectivity index (χ1) is 22.2. The highest BCUT2D eigenvalue weighted by Gasteiger charge is 2.30. The van der Waals surface area contributed by atoms with E-state index in [1.165, 1.54) is 6.08 Å². The van der Waals surface area contributed by atoms with Gasteiger partial charge in [-0.25, -0.2) is 0 Å². The number of fused-ring (bicyclic) bond motifs is 1. The van der Waals surface area contributed by atoms with Gasteiger partial charge in [-0.3, -0.25) is 24.0 Å². The van der Waals surface area contributed by atoms with Crippen molar-refractivity contribution in [3.8, 4) is 0 Å². The van der Waals surface area contributed by atoms with Crippen molar-refractivity contribution in [3.05, 3.63) is 96.1 Å². The standard InChI is InChI=1S/C37H44N4O5/c1-25(2)21-32(36(45)39-30(17-10-20-42)23-29-16-9-19-38-35(29)44)41-37(46)33(40-34(43)22-26-11-4-3-5-12-26)24-28-15-8-14-27-13-6-7-18-31(27)28/h3-8,10-15,17-18,20,25,29-30,32-33H,9,16,19,21-24H2,1-2H3,(H,38,44)(H,39,45)(H,40,43)(H,41,46)/b17-10+/t29-,30+,32-,33-/m0/s1. The van der Waals surface area contributed by atoms with Gasteiger partial charge in [0.2, 0.25) is 23.6 Å². The Labute approximate surface area is 270 Å². The fourth-order valence-electron chi connectivity index (χ4n) is 5.92. The number of hydrogen-bond acceptors (Lipinski definition) is 5. The molecule has 4 amide bonds. The predicted molar refractivity (Wildman–Crippen MR) is 179 cm³/mol. The molecule has 9 nitrogen and oxygen atoms in total. The lowest BCUT2D eigenvalue weighted by Gasteiger charge is -2.28. The molecule has 1 saturated heterocycles. The van der Waals surface area contributed by atoms with Gasteiger partial charge in [0.15, 0.2) is 0 Å². The van der Waals surface area contributed by atoms with E-state index in [0.717, 1.165) is 28.3 Å². The van der Waals surface area contributed by atoms with Crippen LogP contribution in [0.2, 0.25) is 0 Å². The fourth-order valence-corrected chi connectivity index (χ4v) is 5.92. The average molecular weight is 625 g/mol. The van der Waals surface area contributed by atoms with Crippen molar-refractivity contribution in [2.75, 3.05) is 6.54 Å². The molecular weight excluding hydrogens is 580 g/mol. The van der Waals surface area contributed by atoms with Gasteiger partial charge in [-0.05, 0) is 59.6 Å². The molecule has 0 aromatic heterocycles. The Bertz CT molecular complexity index is 1530. The number of amides is 4. The summed E-state index contributed by atoms with van der Waals surface area (Å²) in [5, 5.41) is 13.7. The highest BCUT2D eigenvalue weighted by atomic mass is 16.2. The highest BCUT2D eigenvalue weighted by Crippen LogP contribution is 2.21. The second kappa shape index (κ2) is 17.1. The maximum atomic E-state index is 14.0. The zero-order valence-corrected chi connectivity index (χ0v) is 26.5. The minimum Gasteiger partial charge on any atom is -0.356 e. The lowest BCUT2D eigenvalue weighted by molar-refractivity contribution is -0.132. The van der Waals surface area contributed by atoms with Crippen molar-refractivity contribution in [2.45, 2.75) is 70.5 Å². The Morgan fingerprint density at radius 3 is 2.35 bits per heavy atom. The summed E-state index contributed by atoms with van der Waals surface area (Å²) in [6.07, 6.45) is 6.07. The SMILES string of the molecule is CC(C)C[C@H](NC(=O)[C@H](Cc1cccc2ccccc12)NC(=O)Cc1ccccc1)C(=O)N[C@H](/C=C/C=O)C[C@@H]1CCCNC1=O. The van der Waals surface area contributed by atoms with Crippen LogP contribution < -0.4 is 21.3 Å². The smallest absolute Gasteiger partial charge is 0.243 e. The molecule has 0 aliphatic carbocycles. The number of rotatable bonds is 15. The van der Waals surface area contributed by atoms with E-state index < -0.39 is 29.9 Å². The maximum Gasteiger partial charge on any atom is 0.243 e. The van der Waals surface area contributed by atoms with Crippen LogP contribution in [0.25, 0.3) is 10.8 Å². The molecule has 3 aromatic carbocycles. The first-order valence-corrected chi connectivity index (χ1v) is 16.0. The van der Waals surface area contributed by atoms with Gasteiger partial charge in [-0.15, -0.1) is 0 Å². The predicted octanol–water partition coefficient (Wildman–Crippen LogP) is 3.80. The molecule has 1 fully saturated rings. The van der Waals surface area contributed by atoms with Crippen molar-refractivity contribution in [3.63, 3.8) is 0 Å². The van der Waals surface area contributed by atoms with Crippen LogP contribution in [0.15, 0.2) is 84.9 Å². The van der Waals surface area contributed by atoms with E-state index in [9.17, 15) is 24.0 Å². The monoisotopic (exact) mass is 624 g/mol. The van der Waals surface area contributed by atoms with E-state index >= 15 is 0 Å². The normalized spacial score (nSPS) is 16.8. The van der Waals surface area contributed by atoms with Gasteiger partial charge >= 0.3 is 0 Å². The third kappa shape index (κ3) is 10.1. The Kier molecular flexibility index (Phi) is 12.6. The summed E-state index contributed by atoms with van der Waals surface area (Å²) >= 11 is 0. The fraction of sp³-hybridized carbons (Fsp3) is 0.378. The zero-order chi connectivity index (χ0) is 32.9. The van der Waals surface area contributed by atoms with E-state index in [-0.39, 0.29) is 36.5 Å². The van der Waals surface area contributed by atoms with Gasteiger partial charge in [0.1, 0.15) is 18.4 Å². The molecule has 0 saturated carbocycles. The van der Waals surface area contributed by atoms with Gasteiger partial charge in [-0.2, -0.15) is 0 Å². The van der Waals surface area contributed by atoms with Crippen molar-refractivity contribution in [1.82, 2.24) is 21.3 Å². The molecule has 4 atom stereocenters. The summed E-state index contributed by atoms with van der Waals surface area (Å²) < 4.78 is 0. The number of piperidine rings is 1. The third-order valence-corrected chi connectivity index (χ3v) is 8.19. The highest BCUT2D eigenvalue weighted by molar-refractivity contribution is 5.94.